The van der Waals surface area contributed by atoms with Gasteiger partial charge >= 0.3 is 5.97 Å². The summed E-state index contributed by atoms with van der Waals surface area (Å²) in [5, 5.41) is 10.7. The summed E-state index contributed by atoms with van der Waals surface area (Å²) in [5.74, 6) is -0.616. The first-order valence-corrected chi connectivity index (χ1v) is 7.03. The molecule has 0 saturated carbocycles. The molecule has 5 heteroatoms. The average Bonchev–Trinajstić information content (AvgIpc) is 2.94. The molecule has 0 radical (unpaired) electrons. The van der Waals surface area contributed by atoms with Crippen molar-refractivity contribution < 1.29 is 14.6 Å². The van der Waals surface area contributed by atoms with Crippen LogP contribution in [0.2, 0.25) is 5.02 Å². The van der Waals surface area contributed by atoms with Crippen molar-refractivity contribution in [2.24, 2.45) is 0 Å². The first-order chi connectivity index (χ1) is 9.52. The lowest BCUT2D eigenvalue weighted by Crippen LogP contribution is -2.10. The second-order valence-electron chi connectivity index (χ2n) is 4.13. The number of aliphatic hydroxyl groups excluding tert-OH is 1. The number of carbonyl (C=O) groups is 1. The van der Waals surface area contributed by atoms with Gasteiger partial charge in [-0.15, -0.1) is 11.3 Å². The summed E-state index contributed by atoms with van der Waals surface area (Å²) < 4.78 is 4.55. The predicted octanol–water partition coefficient (Wildman–Crippen LogP) is 3.83. The Labute approximate surface area is 126 Å². The van der Waals surface area contributed by atoms with E-state index in [2.05, 4.69) is 11.3 Å². The maximum Gasteiger partial charge on any atom is 0.336 e. The Morgan fingerprint density at radius 3 is 2.80 bits per heavy atom. The smallest absolute Gasteiger partial charge is 0.336 e. The van der Waals surface area contributed by atoms with E-state index in [0.29, 0.717) is 9.90 Å². The molecule has 2 rings (SSSR count). The van der Waals surface area contributed by atoms with Gasteiger partial charge in [-0.25, -0.2) is 4.79 Å². The third kappa shape index (κ3) is 3.10. The van der Waals surface area contributed by atoms with E-state index < -0.39 is 12.1 Å². The highest BCUT2D eigenvalue weighted by molar-refractivity contribution is 7.15. The number of hydrogen-bond donors (Lipinski definition) is 1. The van der Waals surface area contributed by atoms with Gasteiger partial charge in [0.05, 0.1) is 12.7 Å². The van der Waals surface area contributed by atoms with E-state index in [9.17, 15) is 9.90 Å². The molecule has 20 heavy (non-hydrogen) atoms. The van der Waals surface area contributed by atoms with E-state index >= 15 is 0 Å². The third-order valence-electron chi connectivity index (χ3n) is 2.78. The zero-order chi connectivity index (χ0) is 14.7. The molecule has 1 atom stereocenters. The summed E-state index contributed by atoms with van der Waals surface area (Å²) in [7, 11) is 1.26. The molecule has 0 saturated heterocycles. The summed E-state index contributed by atoms with van der Waals surface area (Å²) in [6.07, 6.45) is -1.06. The summed E-state index contributed by atoms with van der Waals surface area (Å²) in [4.78, 5) is 12.9. The second kappa shape index (κ2) is 6.22. The number of aliphatic hydroxyl groups is 1. The molecule has 1 aromatic heterocycles. The summed E-state index contributed by atoms with van der Waals surface area (Å²) in [6, 6.07) is 11.1. The van der Waals surface area contributed by atoms with Crippen molar-refractivity contribution in [3.05, 3.63) is 58.5 Å². The van der Waals surface area contributed by atoms with Gasteiger partial charge in [0.2, 0.25) is 0 Å². The normalized spacial score (nSPS) is 11.9. The Morgan fingerprint density at radius 1 is 1.40 bits per heavy atom. The lowest BCUT2D eigenvalue weighted by atomic mass is 10.1. The van der Waals surface area contributed by atoms with Crippen LogP contribution in [0.1, 0.15) is 11.0 Å². The highest BCUT2D eigenvalue weighted by Crippen LogP contribution is 2.34. The van der Waals surface area contributed by atoms with Crippen LogP contribution in [0.4, 0.5) is 0 Å². The predicted molar refractivity (Wildman–Crippen MR) is 80.9 cm³/mol. The molecule has 1 N–H and O–H groups in total. The molecule has 0 aliphatic rings. The molecule has 0 spiro atoms. The van der Waals surface area contributed by atoms with E-state index in [-0.39, 0.29) is 5.57 Å². The van der Waals surface area contributed by atoms with Crippen molar-refractivity contribution >= 4 is 28.9 Å². The molecular weight excluding hydrogens is 296 g/mol. The summed E-state index contributed by atoms with van der Waals surface area (Å²) in [5.41, 5.74) is 0.983. The van der Waals surface area contributed by atoms with Gasteiger partial charge in [-0.05, 0) is 29.8 Å². The third-order valence-corrected chi connectivity index (χ3v) is 4.20. The molecule has 1 unspecified atom stereocenters. The van der Waals surface area contributed by atoms with Crippen molar-refractivity contribution in [2.45, 2.75) is 6.10 Å². The molecule has 0 bridgehead atoms. The first-order valence-electron chi connectivity index (χ1n) is 5.83. The van der Waals surface area contributed by atoms with Crippen LogP contribution < -0.4 is 0 Å². The fourth-order valence-corrected chi connectivity index (χ4v) is 2.93. The van der Waals surface area contributed by atoms with Crippen LogP contribution >= 0.6 is 22.9 Å². The number of methoxy groups -OCH3 is 1. The van der Waals surface area contributed by atoms with Crippen LogP contribution in [0.5, 0.6) is 0 Å². The summed E-state index contributed by atoms with van der Waals surface area (Å²) in [6.45, 7) is 3.56. The molecule has 104 valence electrons. The van der Waals surface area contributed by atoms with E-state index in [1.165, 1.54) is 18.4 Å². The average molecular weight is 309 g/mol. The minimum atomic E-state index is -1.06. The maximum atomic E-state index is 11.4. The Bertz CT molecular complexity index is 648. The molecule has 3 nitrogen and oxygen atoms in total. The zero-order valence-electron chi connectivity index (χ0n) is 10.8. The number of hydrogen-bond acceptors (Lipinski definition) is 4. The van der Waals surface area contributed by atoms with Crippen molar-refractivity contribution in [3.63, 3.8) is 0 Å². The maximum absolute atomic E-state index is 11.4. The number of rotatable bonds is 4. The SMILES string of the molecule is C=C(C(=O)OC)C(O)c1ccc(-c2cccc(Cl)c2)s1. The Hall–Kier alpha value is -1.62. The molecule has 1 heterocycles. The van der Waals surface area contributed by atoms with Gasteiger partial charge in [0, 0.05) is 14.8 Å². The molecule has 0 aliphatic heterocycles. The molecule has 0 aliphatic carbocycles. The van der Waals surface area contributed by atoms with Crippen LogP contribution in [0.15, 0.2) is 48.6 Å². The Kier molecular flexibility index (Phi) is 4.60. The quantitative estimate of drug-likeness (QED) is 0.689. The van der Waals surface area contributed by atoms with Gasteiger partial charge in [-0.3, -0.25) is 0 Å². The van der Waals surface area contributed by atoms with Crippen LogP contribution in [0.3, 0.4) is 0 Å². The highest BCUT2D eigenvalue weighted by Gasteiger charge is 2.20. The zero-order valence-corrected chi connectivity index (χ0v) is 12.4. The fraction of sp³-hybridized carbons (Fsp3) is 0.133. The number of thiophene rings is 1. The molecule has 2 aromatic rings. The van der Waals surface area contributed by atoms with Crippen molar-refractivity contribution in [2.75, 3.05) is 7.11 Å². The minimum Gasteiger partial charge on any atom is -0.466 e. The van der Waals surface area contributed by atoms with E-state index in [0.717, 1.165) is 10.4 Å². The largest absolute Gasteiger partial charge is 0.466 e. The molecule has 0 fully saturated rings. The van der Waals surface area contributed by atoms with E-state index in [4.69, 9.17) is 11.6 Å². The highest BCUT2D eigenvalue weighted by atomic mass is 35.5. The number of halogens is 1. The minimum absolute atomic E-state index is 0.0204. The van der Waals surface area contributed by atoms with Crippen molar-refractivity contribution in [1.82, 2.24) is 0 Å². The van der Waals surface area contributed by atoms with Crippen LogP contribution in [-0.4, -0.2) is 18.2 Å². The van der Waals surface area contributed by atoms with Crippen molar-refractivity contribution in [3.8, 4) is 10.4 Å². The van der Waals surface area contributed by atoms with Gasteiger partial charge in [-0.2, -0.15) is 0 Å². The lowest BCUT2D eigenvalue weighted by Gasteiger charge is -2.09. The standard InChI is InChI=1S/C15H13ClO3S/c1-9(15(18)19-2)14(17)13-7-6-12(20-13)10-4-3-5-11(16)8-10/h3-8,14,17H,1H2,2H3. The summed E-state index contributed by atoms with van der Waals surface area (Å²) >= 11 is 7.34. The number of carbonyl (C=O) groups excluding carboxylic acids is 1. The lowest BCUT2D eigenvalue weighted by molar-refractivity contribution is -0.137. The Balaban J connectivity index is 2.25. The van der Waals surface area contributed by atoms with Gasteiger partial charge in [0.15, 0.2) is 0 Å². The number of esters is 1. The van der Waals surface area contributed by atoms with Crippen molar-refractivity contribution in [1.29, 1.82) is 0 Å². The van der Waals surface area contributed by atoms with E-state index in [1.807, 2.05) is 24.3 Å². The fourth-order valence-electron chi connectivity index (χ4n) is 1.71. The van der Waals surface area contributed by atoms with Gasteiger partial charge in [0.1, 0.15) is 6.10 Å². The molecule has 1 aromatic carbocycles. The second-order valence-corrected chi connectivity index (χ2v) is 5.68. The van der Waals surface area contributed by atoms with E-state index in [1.54, 1.807) is 12.1 Å². The monoisotopic (exact) mass is 308 g/mol. The van der Waals surface area contributed by atoms with Gasteiger partial charge < -0.3 is 9.84 Å². The first kappa shape index (κ1) is 14.8. The van der Waals surface area contributed by atoms with Crippen LogP contribution in [0, 0.1) is 0 Å². The van der Waals surface area contributed by atoms with Gasteiger partial charge in [-0.1, -0.05) is 30.3 Å². The van der Waals surface area contributed by atoms with Gasteiger partial charge in [0.25, 0.3) is 0 Å². The van der Waals surface area contributed by atoms with Crippen LogP contribution in [-0.2, 0) is 9.53 Å². The molecule has 0 amide bonds. The Morgan fingerprint density at radius 2 is 2.15 bits per heavy atom. The molecular formula is C15H13ClO3S. The van der Waals surface area contributed by atoms with Crippen LogP contribution in [0.25, 0.3) is 10.4 Å². The number of ether oxygens (including phenoxy) is 1. The topological polar surface area (TPSA) is 46.5 Å². The number of benzene rings is 1.